The van der Waals surface area contributed by atoms with E-state index in [9.17, 15) is 0 Å². The number of nitrogens with zero attached hydrogens (tertiary/aromatic N) is 3. The van der Waals surface area contributed by atoms with Crippen molar-refractivity contribution in [2.75, 3.05) is 0 Å². The molecule has 4 aromatic heterocycles. The second-order valence-corrected chi connectivity index (χ2v) is 26.4. The van der Waals surface area contributed by atoms with Crippen molar-refractivity contribution in [3.05, 3.63) is 108 Å². The third-order valence-corrected chi connectivity index (χ3v) is 13.7. The summed E-state index contributed by atoms with van der Waals surface area (Å²) in [6.07, 6.45) is 12.0. The van der Waals surface area contributed by atoms with Gasteiger partial charge in [-0.1, -0.05) is 42.7 Å². The number of hydrogen-bond donors (Lipinski definition) is 0. The summed E-state index contributed by atoms with van der Waals surface area (Å²) in [5.41, 5.74) is 11.1. The van der Waals surface area contributed by atoms with Crippen molar-refractivity contribution in [1.29, 1.82) is 0 Å². The average Bonchev–Trinajstić information content (AvgIpc) is 3.68. The predicted molar refractivity (Wildman–Crippen MR) is 203 cm³/mol. The normalized spacial score (nSPS) is 13.7. The minimum absolute atomic E-state index is 0. The summed E-state index contributed by atoms with van der Waals surface area (Å²) in [7, 11) is 0. The SMILES string of the molecule is CC(C)(C)Cc1cc(-c2[c-]cccc2)nc[c]1[Ge]([CH3])([CH3])[CH3].Cc1ccc2c(n1)oc1c[c-]c(-c3cc(C)c(CC4CCCC4)cn3)cc12.[Ir]. The summed E-state index contributed by atoms with van der Waals surface area (Å²) in [5.74, 6) is 8.17. The van der Waals surface area contributed by atoms with Gasteiger partial charge in [-0.05, 0) is 49.6 Å². The molecule has 49 heavy (non-hydrogen) atoms. The van der Waals surface area contributed by atoms with Gasteiger partial charge in [0.25, 0.3) is 0 Å². The molecule has 0 unspecified atom stereocenters. The number of aromatic nitrogens is 3. The Hall–Kier alpha value is -3.12. The third kappa shape index (κ3) is 9.17. The Balaban J connectivity index is 0.000000194. The molecule has 4 nitrogen and oxygen atoms in total. The molecule has 1 saturated carbocycles. The summed E-state index contributed by atoms with van der Waals surface area (Å²) in [6, 6.07) is 27.3. The number of hydrogen-bond acceptors (Lipinski definition) is 4. The number of pyridine rings is 3. The van der Waals surface area contributed by atoms with Crippen molar-refractivity contribution in [3.8, 4) is 22.5 Å². The first-order valence-corrected chi connectivity index (χ1v) is 24.8. The minimum Gasteiger partial charge on any atom is -0.486 e. The topological polar surface area (TPSA) is 51.8 Å². The third-order valence-electron chi connectivity index (χ3n) is 9.39. The van der Waals surface area contributed by atoms with Gasteiger partial charge in [-0.2, -0.15) is 0 Å². The average molecular weight is 889 g/mol. The van der Waals surface area contributed by atoms with Crippen LogP contribution in [0.3, 0.4) is 0 Å². The number of fused-ring (bicyclic) bond motifs is 3. The predicted octanol–water partition coefficient (Wildman–Crippen LogP) is 10.9. The number of rotatable bonds is 6. The van der Waals surface area contributed by atoms with Crippen LogP contribution in [0.1, 0.15) is 68.8 Å². The molecule has 257 valence electrons. The van der Waals surface area contributed by atoms with E-state index in [-0.39, 0.29) is 20.1 Å². The van der Waals surface area contributed by atoms with Gasteiger partial charge in [-0.15, -0.1) is 23.8 Å². The van der Waals surface area contributed by atoms with E-state index < -0.39 is 13.3 Å². The van der Waals surface area contributed by atoms with Crippen LogP contribution in [0.2, 0.25) is 17.3 Å². The second kappa shape index (κ2) is 15.4. The zero-order chi connectivity index (χ0) is 34.1. The van der Waals surface area contributed by atoms with Crippen LogP contribution in [0, 0.1) is 37.3 Å². The van der Waals surface area contributed by atoms with E-state index in [0.29, 0.717) is 11.1 Å². The molecule has 1 radical (unpaired) electrons. The monoisotopic (exact) mass is 890 g/mol. The molecule has 1 fully saturated rings. The van der Waals surface area contributed by atoms with Crippen LogP contribution < -0.4 is 4.40 Å². The first-order valence-electron chi connectivity index (χ1n) is 17.5. The van der Waals surface area contributed by atoms with E-state index in [1.165, 1.54) is 53.2 Å². The summed E-state index contributed by atoms with van der Waals surface area (Å²) in [5, 5.41) is 2.11. The Morgan fingerprint density at radius 1 is 0.837 bits per heavy atom. The van der Waals surface area contributed by atoms with Crippen molar-refractivity contribution >= 4 is 39.7 Å². The molecule has 0 bridgehead atoms. The van der Waals surface area contributed by atoms with Crippen LogP contribution in [0.4, 0.5) is 0 Å². The Morgan fingerprint density at radius 2 is 1.57 bits per heavy atom. The van der Waals surface area contributed by atoms with Crippen molar-refractivity contribution in [2.45, 2.75) is 90.4 Å². The molecule has 0 N–H and O–H groups in total. The van der Waals surface area contributed by atoms with Gasteiger partial charge in [0.15, 0.2) is 0 Å². The van der Waals surface area contributed by atoms with Gasteiger partial charge in [0, 0.05) is 37.4 Å². The first-order chi connectivity index (χ1) is 22.8. The fourth-order valence-corrected chi connectivity index (χ4v) is 10.2. The number of benzene rings is 2. The molecule has 6 heteroatoms. The van der Waals surface area contributed by atoms with Crippen molar-refractivity contribution in [3.63, 3.8) is 0 Å². The molecule has 1 aliphatic rings. The van der Waals surface area contributed by atoms with Gasteiger partial charge >= 0.3 is 132 Å². The Labute approximate surface area is 309 Å². The fraction of sp³-hybridized carbons (Fsp3) is 0.372. The largest absolute Gasteiger partial charge is 0.486 e. The number of aryl methyl sites for hydroxylation is 2. The summed E-state index contributed by atoms with van der Waals surface area (Å²) < 4.78 is 7.41. The van der Waals surface area contributed by atoms with E-state index in [2.05, 4.69) is 105 Å². The van der Waals surface area contributed by atoms with Gasteiger partial charge < -0.3 is 9.40 Å². The Kier molecular flexibility index (Phi) is 11.7. The van der Waals surface area contributed by atoms with Crippen molar-refractivity contribution < 1.29 is 24.5 Å². The zero-order valence-corrected chi connectivity index (χ0v) is 34.8. The molecule has 6 aromatic rings. The van der Waals surface area contributed by atoms with Crippen LogP contribution in [-0.2, 0) is 32.9 Å². The van der Waals surface area contributed by atoms with E-state index in [1.54, 1.807) is 0 Å². The Morgan fingerprint density at radius 3 is 2.24 bits per heavy atom. The van der Waals surface area contributed by atoms with Crippen LogP contribution in [0.5, 0.6) is 0 Å². The molecule has 2 aromatic carbocycles. The van der Waals surface area contributed by atoms with E-state index in [4.69, 9.17) is 14.4 Å². The fourth-order valence-electron chi connectivity index (χ4n) is 6.90. The van der Waals surface area contributed by atoms with Crippen molar-refractivity contribution in [2.24, 2.45) is 11.3 Å². The standard InChI is InChI=1S/C24H23N2O.C19H26GeN.Ir/c1-15-11-22(25-14-19(15)12-17-5-3-4-6-17)18-8-10-23-21(13-18)20-9-7-16(2)26-24(20)27-23;1-19(2,3)13-16-12-18(15-10-8-7-9-11-15)21-14-17(16)20(4,5)6;/h7,9-11,13-14,17H,3-6,12H2,1-2H3;7-10,12,14H,13H2,1-6H3;/q2*-1;. The Bertz CT molecular complexity index is 2030. The molecular weight excluding hydrogens is 839 g/mol. The quantitative estimate of drug-likeness (QED) is 0.124. The van der Waals surface area contributed by atoms with Crippen molar-refractivity contribution in [1.82, 2.24) is 15.0 Å². The summed E-state index contributed by atoms with van der Waals surface area (Å²) >= 11 is -1.90. The molecule has 0 amide bonds. The van der Waals surface area contributed by atoms with Crippen LogP contribution in [0.15, 0.2) is 77.5 Å². The maximum Gasteiger partial charge on any atom is 0.216 e. The van der Waals surface area contributed by atoms with Crippen LogP contribution >= 0.6 is 0 Å². The minimum atomic E-state index is -1.90. The molecule has 7 rings (SSSR count). The first kappa shape index (κ1) is 37.1. The number of furan rings is 1. The maximum atomic E-state index is 5.88. The second-order valence-electron chi connectivity index (χ2n) is 15.9. The zero-order valence-electron chi connectivity index (χ0n) is 30.3. The maximum absolute atomic E-state index is 5.88. The smallest absolute Gasteiger partial charge is 0.216 e. The van der Waals surface area contributed by atoms with E-state index in [1.807, 2.05) is 37.3 Å². The van der Waals surface area contributed by atoms with Gasteiger partial charge in [0.05, 0.1) is 5.58 Å². The van der Waals surface area contributed by atoms with Gasteiger partial charge in [-0.25, -0.2) is 4.98 Å². The summed E-state index contributed by atoms with van der Waals surface area (Å²) in [6.45, 7) is 11.1. The molecule has 0 atom stereocenters. The molecular formula is C43H49GeIrN3O-2. The van der Waals surface area contributed by atoms with E-state index in [0.717, 1.165) is 56.9 Å². The van der Waals surface area contributed by atoms with Crippen LogP contribution in [-0.4, -0.2) is 28.2 Å². The van der Waals surface area contributed by atoms with Crippen LogP contribution in [0.25, 0.3) is 44.6 Å². The van der Waals surface area contributed by atoms with Gasteiger partial charge in [-0.3, -0.25) is 0 Å². The molecule has 1 aliphatic carbocycles. The molecule has 0 saturated heterocycles. The molecule has 4 heterocycles. The summed E-state index contributed by atoms with van der Waals surface area (Å²) in [4.78, 5) is 14.0. The molecule has 0 spiro atoms. The van der Waals surface area contributed by atoms with Gasteiger partial charge in [0.1, 0.15) is 0 Å². The van der Waals surface area contributed by atoms with E-state index >= 15 is 0 Å². The van der Waals surface area contributed by atoms with Gasteiger partial charge in [0.2, 0.25) is 5.71 Å². The molecule has 0 aliphatic heterocycles.